The number of aryl methyl sites for hydroxylation is 1. The summed E-state index contributed by atoms with van der Waals surface area (Å²) in [6, 6.07) is 10.4. The number of nitrogens with zero attached hydrogens (tertiary/aromatic N) is 2. The van der Waals surface area contributed by atoms with E-state index < -0.39 is 0 Å². The monoisotopic (exact) mass is 442 g/mol. The molecule has 0 aliphatic heterocycles. The van der Waals surface area contributed by atoms with Gasteiger partial charge in [0.1, 0.15) is 5.75 Å². The summed E-state index contributed by atoms with van der Waals surface area (Å²) < 4.78 is 7.50. The van der Waals surface area contributed by atoms with E-state index >= 15 is 0 Å². The highest BCUT2D eigenvalue weighted by molar-refractivity contribution is 14.0. The van der Waals surface area contributed by atoms with Crippen molar-refractivity contribution >= 4 is 29.9 Å². The van der Waals surface area contributed by atoms with Crippen LogP contribution in [0.25, 0.3) is 0 Å². The van der Waals surface area contributed by atoms with E-state index in [1.54, 1.807) is 14.2 Å². The van der Waals surface area contributed by atoms with Crippen LogP contribution in [-0.4, -0.2) is 37.8 Å². The molecule has 2 rings (SSSR count). The lowest BCUT2D eigenvalue weighted by molar-refractivity contribution is 0.411. The highest BCUT2D eigenvalue weighted by atomic mass is 127. The van der Waals surface area contributed by atoms with Crippen molar-refractivity contribution in [3.8, 4) is 5.75 Å². The van der Waals surface area contributed by atoms with Crippen molar-refractivity contribution in [2.45, 2.75) is 19.9 Å². The van der Waals surface area contributed by atoms with Gasteiger partial charge >= 0.3 is 0 Å². The minimum Gasteiger partial charge on any atom is -0.496 e. The third kappa shape index (κ3) is 6.43. The zero-order chi connectivity index (χ0) is 16.5. The van der Waals surface area contributed by atoms with Crippen LogP contribution in [0.1, 0.15) is 11.1 Å². The fraction of sp³-hybridized carbons (Fsp3) is 0.389. The van der Waals surface area contributed by atoms with Gasteiger partial charge in [-0.2, -0.15) is 0 Å². The number of guanidine groups is 1. The van der Waals surface area contributed by atoms with Crippen LogP contribution in [0.15, 0.2) is 47.7 Å². The average Bonchev–Trinajstić information content (AvgIpc) is 3.08. The molecule has 2 N–H and O–H groups in total. The summed E-state index contributed by atoms with van der Waals surface area (Å²) in [5.41, 5.74) is 2.41. The number of hydrogen-bond acceptors (Lipinski definition) is 2. The van der Waals surface area contributed by atoms with Gasteiger partial charge in [0.05, 0.1) is 7.11 Å². The van der Waals surface area contributed by atoms with E-state index in [1.165, 1.54) is 5.56 Å². The van der Waals surface area contributed by atoms with Gasteiger partial charge in [-0.3, -0.25) is 4.99 Å². The van der Waals surface area contributed by atoms with E-state index in [1.807, 2.05) is 12.1 Å². The molecule has 0 aliphatic carbocycles. The molecule has 0 saturated heterocycles. The quantitative estimate of drug-likeness (QED) is 0.394. The number of nitrogens with one attached hydrogen (secondary N) is 2. The van der Waals surface area contributed by atoms with Gasteiger partial charge in [0.2, 0.25) is 0 Å². The fourth-order valence-corrected chi connectivity index (χ4v) is 2.39. The minimum absolute atomic E-state index is 0. The maximum atomic E-state index is 5.36. The van der Waals surface area contributed by atoms with Crippen LogP contribution in [0.4, 0.5) is 0 Å². The van der Waals surface area contributed by atoms with Crippen LogP contribution < -0.4 is 15.4 Å². The van der Waals surface area contributed by atoms with Gasteiger partial charge in [-0.25, -0.2) is 0 Å². The van der Waals surface area contributed by atoms with Gasteiger partial charge in [0, 0.05) is 39.1 Å². The predicted octanol–water partition coefficient (Wildman–Crippen LogP) is 2.83. The molecule has 0 amide bonds. The van der Waals surface area contributed by atoms with Crippen LogP contribution in [-0.2, 0) is 13.0 Å². The molecule has 0 bridgehead atoms. The molecular weight excluding hydrogens is 415 g/mol. The molecule has 1 aromatic heterocycles. The lowest BCUT2D eigenvalue weighted by Crippen LogP contribution is -2.39. The van der Waals surface area contributed by atoms with Gasteiger partial charge in [0.15, 0.2) is 5.96 Å². The molecule has 1 heterocycles. The Labute approximate surface area is 161 Å². The van der Waals surface area contributed by atoms with Crippen molar-refractivity contribution < 1.29 is 4.74 Å². The number of rotatable bonds is 7. The first kappa shape index (κ1) is 20.3. The molecule has 0 aliphatic rings. The highest BCUT2D eigenvalue weighted by Gasteiger charge is 2.01. The summed E-state index contributed by atoms with van der Waals surface area (Å²) in [6.07, 6.45) is 5.04. The van der Waals surface area contributed by atoms with E-state index in [-0.39, 0.29) is 24.0 Å². The Morgan fingerprint density at radius 2 is 1.88 bits per heavy atom. The average molecular weight is 442 g/mol. The summed E-state index contributed by atoms with van der Waals surface area (Å²) in [5.74, 6) is 1.77. The number of methoxy groups -OCH3 is 1. The summed E-state index contributed by atoms with van der Waals surface area (Å²) in [4.78, 5) is 4.25. The maximum Gasteiger partial charge on any atom is 0.191 e. The topological polar surface area (TPSA) is 50.6 Å². The smallest absolute Gasteiger partial charge is 0.191 e. The van der Waals surface area contributed by atoms with E-state index in [4.69, 9.17) is 4.74 Å². The van der Waals surface area contributed by atoms with Crippen molar-refractivity contribution in [3.05, 3.63) is 53.9 Å². The third-order valence-electron chi connectivity index (χ3n) is 3.73. The van der Waals surface area contributed by atoms with E-state index in [0.717, 1.165) is 43.3 Å². The molecule has 24 heavy (non-hydrogen) atoms. The number of hydrogen-bond donors (Lipinski definition) is 2. The zero-order valence-electron chi connectivity index (χ0n) is 14.6. The summed E-state index contributed by atoms with van der Waals surface area (Å²) in [6.45, 7) is 4.64. The molecule has 6 heteroatoms. The first-order chi connectivity index (χ1) is 11.2. The van der Waals surface area contributed by atoms with Gasteiger partial charge in [0.25, 0.3) is 0 Å². The Bertz CT molecular complexity index is 626. The third-order valence-corrected chi connectivity index (χ3v) is 3.73. The molecule has 2 aromatic rings. The molecule has 0 unspecified atom stereocenters. The van der Waals surface area contributed by atoms with Crippen LogP contribution >= 0.6 is 24.0 Å². The van der Waals surface area contributed by atoms with Gasteiger partial charge in [-0.1, -0.05) is 12.1 Å². The number of aliphatic imine (C=N–C) groups is 1. The normalized spacial score (nSPS) is 10.9. The largest absolute Gasteiger partial charge is 0.496 e. The van der Waals surface area contributed by atoms with Crippen molar-refractivity contribution in [2.75, 3.05) is 27.2 Å². The first-order valence-corrected chi connectivity index (χ1v) is 7.91. The van der Waals surface area contributed by atoms with Crippen molar-refractivity contribution in [3.63, 3.8) is 0 Å². The van der Waals surface area contributed by atoms with Crippen molar-refractivity contribution in [2.24, 2.45) is 4.99 Å². The molecule has 132 valence electrons. The number of benzene rings is 1. The van der Waals surface area contributed by atoms with Gasteiger partial charge in [-0.15, -0.1) is 24.0 Å². The van der Waals surface area contributed by atoms with Crippen LogP contribution in [0.3, 0.4) is 0 Å². The highest BCUT2D eigenvalue weighted by Crippen LogP contribution is 2.18. The Hall–Kier alpha value is -1.70. The second-order valence-corrected chi connectivity index (χ2v) is 5.40. The molecule has 1 aromatic carbocycles. The van der Waals surface area contributed by atoms with Gasteiger partial charge < -0.3 is 19.9 Å². The lowest BCUT2D eigenvalue weighted by atomic mass is 10.1. The molecule has 0 saturated carbocycles. The maximum absolute atomic E-state index is 5.36. The van der Waals surface area contributed by atoms with E-state index in [9.17, 15) is 0 Å². The molecule has 0 radical (unpaired) electrons. The Morgan fingerprint density at radius 1 is 1.17 bits per heavy atom. The standard InChI is InChI=1S/C18H26N4O.HI/c1-15-6-7-16(14-17(15)23-3)8-9-20-18(19-2)21-10-13-22-11-4-5-12-22;/h4-7,11-12,14H,8-10,13H2,1-3H3,(H2,19,20,21);1H. The number of ether oxygens (including phenoxy) is 1. The number of aromatic nitrogens is 1. The fourth-order valence-electron chi connectivity index (χ4n) is 2.39. The van der Waals surface area contributed by atoms with Crippen LogP contribution in [0.2, 0.25) is 0 Å². The molecule has 0 fully saturated rings. The van der Waals surface area contributed by atoms with Crippen LogP contribution in [0, 0.1) is 6.92 Å². The molecular formula is C18H27IN4O. The first-order valence-electron chi connectivity index (χ1n) is 7.91. The van der Waals surface area contributed by atoms with Crippen LogP contribution in [0.5, 0.6) is 5.75 Å². The van der Waals surface area contributed by atoms with E-state index in [2.05, 4.69) is 57.7 Å². The molecule has 0 spiro atoms. The number of halogens is 1. The second-order valence-electron chi connectivity index (χ2n) is 5.40. The SMILES string of the molecule is CN=C(NCCc1ccc(C)c(OC)c1)NCCn1cccc1.I. The lowest BCUT2D eigenvalue weighted by Gasteiger charge is -2.13. The predicted molar refractivity (Wildman–Crippen MR) is 111 cm³/mol. The van der Waals surface area contributed by atoms with Crippen molar-refractivity contribution in [1.82, 2.24) is 15.2 Å². The Morgan fingerprint density at radius 3 is 2.54 bits per heavy atom. The zero-order valence-corrected chi connectivity index (χ0v) is 16.9. The summed E-state index contributed by atoms with van der Waals surface area (Å²) >= 11 is 0. The molecule has 0 atom stereocenters. The Kier molecular flexibility index (Phi) is 9.29. The Balaban J connectivity index is 0.00000288. The minimum atomic E-state index is 0. The second kappa shape index (κ2) is 11.0. The van der Waals surface area contributed by atoms with Crippen molar-refractivity contribution in [1.29, 1.82) is 0 Å². The molecule has 5 nitrogen and oxygen atoms in total. The van der Waals surface area contributed by atoms with E-state index in [0.29, 0.717) is 0 Å². The summed E-state index contributed by atoms with van der Waals surface area (Å²) in [5, 5.41) is 6.66. The summed E-state index contributed by atoms with van der Waals surface area (Å²) in [7, 11) is 3.50. The van der Waals surface area contributed by atoms with Gasteiger partial charge in [-0.05, 0) is 42.7 Å².